The van der Waals surface area contributed by atoms with Crippen molar-refractivity contribution in [2.45, 2.75) is 187 Å². The van der Waals surface area contributed by atoms with Crippen molar-refractivity contribution in [1.82, 2.24) is 24.9 Å². The van der Waals surface area contributed by atoms with Crippen molar-refractivity contribution in [2.75, 3.05) is 0 Å². The molecular formula is C56H77N7+2. The number of rotatable bonds is 14. The largest absolute Gasteiger partial charge is 0.352 e. The zero-order valence-electron chi connectivity index (χ0n) is 41.4. The molecule has 0 spiro atoms. The molecule has 8 heterocycles. The Morgan fingerprint density at radius 2 is 0.349 bits per heavy atom. The molecule has 14 bridgehead atoms. The number of H-pyrrole nitrogens is 7. The molecule has 8 rings (SSSR count). The molecule has 334 valence electrons. The van der Waals surface area contributed by atoms with Crippen LogP contribution in [0.5, 0.6) is 0 Å². The van der Waals surface area contributed by atoms with Gasteiger partial charge in [-0.3, -0.25) is 0 Å². The molecular weight excluding hydrogens is 771 g/mol. The van der Waals surface area contributed by atoms with Crippen LogP contribution in [0, 0.1) is 0 Å². The molecule has 0 aliphatic carbocycles. The molecule has 0 saturated heterocycles. The third-order valence-corrected chi connectivity index (χ3v) is 15.2. The van der Waals surface area contributed by atoms with Crippen molar-refractivity contribution < 1.29 is 9.97 Å². The molecule has 0 unspecified atom stereocenters. The van der Waals surface area contributed by atoms with Crippen LogP contribution in [-0.2, 0) is 64.2 Å². The first-order chi connectivity index (χ1) is 30.7. The van der Waals surface area contributed by atoms with E-state index in [2.05, 4.69) is 132 Å². The average Bonchev–Trinajstić information content (AvgIpc) is 4.17. The van der Waals surface area contributed by atoms with E-state index in [9.17, 15) is 0 Å². The number of fused-ring (bicyclic) bond motifs is 21. The van der Waals surface area contributed by atoms with E-state index in [0.717, 1.165) is 89.9 Å². The highest BCUT2D eigenvalue weighted by Crippen LogP contribution is 2.43. The molecule has 7 heteroatoms. The van der Waals surface area contributed by atoms with E-state index in [1.807, 2.05) is 0 Å². The van der Waals surface area contributed by atoms with Crippen LogP contribution >= 0.6 is 0 Å². The number of hydrogen-bond donors (Lipinski definition) is 5. The summed E-state index contributed by atoms with van der Waals surface area (Å²) in [5.74, 6) is 0. The number of hydrogen-bond acceptors (Lipinski definition) is 0. The van der Waals surface area contributed by atoms with Crippen LogP contribution in [0.1, 0.15) is 201 Å². The Morgan fingerprint density at radius 3 is 0.508 bits per heavy atom. The lowest BCUT2D eigenvalue weighted by atomic mass is 9.95. The van der Waals surface area contributed by atoms with Crippen LogP contribution < -0.4 is 9.97 Å². The summed E-state index contributed by atoms with van der Waals surface area (Å²) in [6.07, 6.45) is 13.5. The van der Waals surface area contributed by atoms with Crippen molar-refractivity contribution in [3.05, 3.63) is 78.4 Å². The fraction of sp³-hybridized carbons (Fsp3) is 0.500. The third-order valence-electron chi connectivity index (χ3n) is 15.2. The molecule has 7 nitrogen and oxygen atoms in total. The summed E-state index contributed by atoms with van der Waals surface area (Å²) in [6, 6.07) is 0. The Hall–Kier alpha value is -5.04. The van der Waals surface area contributed by atoms with Gasteiger partial charge in [0.05, 0.1) is 33.1 Å². The Morgan fingerprint density at radius 1 is 0.206 bits per heavy atom. The van der Waals surface area contributed by atoms with Gasteiger partial charge in [-0.25, -0.2) is 9.97 Å². The highest BCUT2D eigenvalue weighted by atomic mass is 14.9. The molecule has 6 aromatic rings. The first-order valence-corrected chi connectivity index (χ1v) is 25.3. The van der Waals surface area contributed by atoms with Gasteiger partial charge in [-0.05, 0) is 146 Å². The van der Waals surface area contributed by atoms with Crippen molar-refractivity contribution in [3.63, 3.8) is 0 Å². The molecule has 7 N–H and O–H groups in total. The van der Waals surface area contributed by atoms with Gasteiger partial charge >= 0.3 is 0 Å². The predicted molar refractivity (Wildman–Crippen MR) is 271 cm³/mol. The van der Waals surface area contributed by atoms with Gasteiger partial charge in [-0.2, -0.15) is 0 Å². The van der Waals surface area contributed by atoms with Crippen molar-refractivity contribution in [2.24, 2.45) is 0 Å². The van der Waals surface area contributed by atoms with E-state index in [1.165, 1.54) is 156 Å². The topological polar surface area (TPSA) is 107 Å². The van der Waals surface area contributed by atoms with Crippen LogP contribution in [0.4, 0.5) is 0 Å². The summed E-state index contributed by atoms with van der Waals surface area (Å²) in [5, 5.41) is 0. The normalized spacial score (nSPS) is 13.4. The zero-order valence-corrected chi connectivity index (χ0v) is 41.4. The van der Waals surface area contributed by atoms with Crippen LogP contribution in [0.15, 0.2) is 0 Å². The smallest absolute Gasteiger partial charge is 0.231 e. The molecule has 2 aliphatic rings. The minimum atomic E-state index is 0.961. The molecule has 0 amide bonds. The van der Waals surface area contributed by atoms with Gasteiger partial charge in [0, 0.05) is 22.3 Å². The van der Waals surface area contributed by atoms with Gasteiger partial charge in [0.2, 0.25) is 22.8 Å². The Kier molecular flexibility index (Phi) is 12.6. The Labute approximate surface area is 376 Å². The van der Waals surface area contributed by atoms with E-state index in [0.29, 0.717) is 0 Å². The molecule has 0 saturated carbocycles. The third kappa shape index (κ3) is 6.48. The fourth-order valence-corrected chi connectivity index (χ4v) is 12.5. The summed E-state index contributed by atoms with van der Waals surface area (Å²) >= 11 is 0. The van der Waals surface area contributed by atoms with E-state index in [4.69, 9.17) is 0 Å². The van der Waals surface area contributed by atoms with Gasteiger partial charge in [0.15, 0.2) is 0 Å². The summed E-state index contributed by atoms with van der Waals surface area (Å²) in [5.41, 5.74) is 37.6. The Balaban J connectivity index is 1.75. The first-order valence-electron chi connectivity index (χ1n) is 25.3. The minimum absolute atomic E-state index is 0.961. The summed E-state index contributed by atoms with van der Waals surface area (Å²) in [6.45, 7) is 32.8. The SMILES string of the molecule is CCC1=C(CC)c2[nH+]c1c1[nH]c(c3[nH+]c(c4[nH]c(c(CC)c4CC)c4[nH]c(c(CC)c4CC)c4[nH]c(c(CC)c4CC)c4[nH]c2c(CC)c4CC)C(CC)=C3CC)c(CC)c1CC. The standard InChI is InChI=1S/C56H75N7/c1-15-29-30(16-2)44-46-33(19-5)34(20-6)49(59-46)50-37(23-9)38(24-10)53(61-50)54-41(27-13)42(28-14)56(63-54)55-40(26-12)39(25-11)52(62-55)51-36(22-8)35(21-7)48(60-51)47-32(18-4)31(17-3)45(58-47)43(29)57-44/h57-60,63H,15-28H2,1-14H3/p+2. The highest BCUT2D eigenvalue weighted by Gasteiger charge is 2.35. The molecule has 0 fully saturated rings. The summed E-state index contributed by atoms with van der Waals surface area (Å²) in [4.78, 5) is 29.3. The summed E-state index contributed by atoms with van der Waals surface area (Å²) < 4.78 is 0. The van der Waals surface area contributed by atoms with Gasteiger partial charge in [-0.15, -0.1) is 0 Å². The van der Waals surface area contributed by atoms with Gasteiger partial charge in [-0.1, -0.05) is 96.9 Å². The maximum atomic E-state index is 4.19. The van der Waals surface area contributed by atoms with Gasteiger partial charge in [0.25, 0.3) is 0 Å². The number of aromatic nitrogens is 7. The van der Waals surface area contributed by atoms with Gasteiger partial charge < -0.3 is 24.9 Å². The van der Waals surface area contributed by atoms with Crippen LogP contribution in [-0.4, -0.2) is 24.9 Å². The van der Waals surface area contributed by atoms with E-state index in [1.54, 1.807) is 0 Å². The quantitative estimate of drug-likeness (QED) is 0.0720. The van der Waals surface area contributed by atoms with Crippen molar-refractivity contribution in [1.29, 1.82) is 0 Å². The molecule has 63 heavy (non-hydrogen) atoms. The van der Waals surface area contributed by atoms with Crippen molar-refractivity contribution in [3.8, 4) is 0 Å². The van der Waals surface area contributed by atoms with E-state index in [-0.39, 0.29) is 0 Å². The number of aromatic amines is 7. The summed E-state index contributed by atoms with van der Waals surface area (Å²) in [7, 11) is 0. The van der Waals surface area contributed by atoms with Crippen LogP contribution in [0.25, 0.3) is 77.5 Å². The number of nitrogens with one attached hydrogen (secondary N) is 7. The maximum absolute atomic E-state index is 4.19. The van der Waals surface area contributed by atoms with E-state index >= 15 is 0 Å². The lowest BCUT2D eigenvalue weighted by molar-refractivity contribution is -0.377. The number of aryl methyl sites for hydroxylation is 10. The monoisotopic (exact) mass is 848 g/mol. The molecule has 2 aliphatic heterocycles. The van der Waals surface area contributed by atoms with Crippen molar-refractivity contribution >= 4 is 77.5 Å². The minimum Gasteiger partial charge on any atom is -0.352 e. The maximum Gasteiger partial charge on any atom is 0.231 e. The molecule has 6 aromatic heterocycles. The lowest BCUT2D eigenvalue weighted by Gasteiger charge is -2.02. The average molecular weight is 848 g/mol. The van der Waals surface area contributed by atoms with E-state index < -0.39 is 0 Å². The Bertz CT molecular complexity index is 2840. The second kappa shape index (κ2) is 17.9. The fourth-order valence-electron chi connectivity index (χ4n) is 12.5. The highest BCUT2D eigenvalue weighted by molar-refractivity contribution is 6.04. The molecule has 0 radical (unpaired) electrons. The lowest BCUT2D eigenvalue weighted by Crippen LogP contribution is -2.10. The second-order valence-electron chi connectivity index (χ2n) is 17.8. The molecule has 0 aromatic carbocycles. The predicted octanol–water partition coefficient (Wildman–Crippen LogP) is 14.2. The molecule has 0 atom stereocenters. The number of allylic oxidation sites excluding steroid dienone is 4. The first kappa shape index (κ1) is 44.6. The zero-order chi connectivity index (χ0) is 45.0. The second-order valence-corrected chi connectivity index (χ2v) is 17.8. The van der Waals surface area contributed by atoms with Crippen LogP contribution in [0.3, 0.4) is 0 Å². The van der Waals surface area contributed by atoms with Gasteiger partial charge in [0.1, 0.15) is 22.1 Å². The van der Waals surface area contributed by atoms with Crippen LogP contribution in [0.2, 0.25) is 0 Å².